The number of hydrogen-bond donors (Lipinski definition) is 2. The van der Waals surface area contributed by atoms with Gasteiger partial charge in [-0.1, -0.05) is 19.1 Å². The third-order valence-corrected chi connectivity index (χ3v) is 4.88. The topological polar surface area (TPSA) is 57.8 Å². The highest BCUT2D eigenvalue weighted by Gasteiger charge is 2.16. The summed E-state index contributed by atoms with van der Waals surface area (Å²) in [6.07, 6.45) is 2.77. The normalized spacial score (nSPS) is 11.8. The predicted molar refractivity (Wildman–Crippen MR) is 99.3 cm³/mol. The zero-order valence-corrected chi connectivity index (χ0v) is 15.0. The number of thiophene rings is 1. The summed E-state index contributed by atoms with van der Waals surface area (Å²) in [5.41, 5.74) is 2.32. The van der Waals surface area contributed by atoms with Crippen molar-refractivity contribution in [3.63, 3.8) is 0 Å². The fraction of sp³-hybridized carbons (Fsp3) is 0.176. The number of rotatable bonds is 5. The third-order valence-electron chi connectivity index (χ3n) is 3.31. The Morgan fingerprint density at radius 1 is 1.35 bits per heavy atom. The maximum Gasteiger partial charge on any atom is 0.255 e. The van der Waals surface area contributed by atoms with E-state index in [1.165, 1.54) is 0 Å². The number of benzene rings is 1. The molecule has 23 heavy (non-hydrogen) atoms. The molecule has 1 aromatic carbocycles. The highest BCUT2D eigenvalue weighted by atomic mass is 79.9. The van der Waals surface area contributed by atoms with Crippen molar-refractivity contribution in [2.45, 2.75) is 13.3 Å². The van der Waals surface area contributed by atoms with Crippen molar-refractivity contribution in [3.05, 3.63) is 50.9 Å². The van der Waals surface area contributed by atoms with Gasteiger partial charge in [-0.05, 0) is 52.7 Å². The molecule has 2 N–H and O–H groups in total. The smallest absolute Gasteiger partial charge is 0.255 e. The number of carbonyl (C=O) groups excluding carboxylic acids is 1. The first-order valence-electron chi connectivity index (χ1n) is 7.37. The number of fused-ring (bicyclic) bond motifs is 1. The molecular formula is C17H16BrN3OS. The second-order valence-electron chi connectivity index (χ2n) is 5.06. The highest BCUT2D eigenvalue weighted by Crippen LogP contribution is 2.27. The van der Waals surface area contributed by atoms with Crippen molar-refractivity contribution in [1.82, 2.24) is 15.3 Å². The monoisotopic (exact) mass is 389 g/mol. The van der Waals surface area contributed by atoms with Crippen LogP contribution >= 0.6 is 27.3 Å². The summed E-state index contributed by atoms with van der Waals surface area (Å²) in [7, 11) is 0. The van der Waals surface area contributed by atoms with Crippen LogP contribution in [0, 0.1) is 0 Å². The van der Waals surface area contributed by atoms with Gasteiger partial charge in [-0.15, -0.1) is 11.3 Å². The zero-order valence-electron chi connectivity index (χ0n) is 12.6. The van der Waals surface area contributed by atoms with E-state index in [2.05, 4.69) is 31.2 Å². The first-order chi connectivity index (χ1) is 11.2. The van der Waals surface area contributed by atoms with E-state index in [9.17, 15) is 4.79 Å². The molecule has 0 saturated carbocycles. The average molecular weight is 390 g/mol. The lowest BCUT2D eigenvalue weighted by molar-refractivity contribution is -0.115. The lowest BCUT2D eigenvalue weighted by Gasteiger charge is -2.05. The summed E-state index contributed by atoms with van der Waals surface area (Å²) in [5, 5.41) is 2.93. The SMILES string of the molecule is CCCNC(=O)/C(=C/c1ccc(Br)s1)c1nc2ccccc2[nH]1. The van der Waals surface area contributed by atoms with E-state index in [-0.39, 0.29) is 5.91 Å². The van der Waals surface area contributed by atoms with Crippen molar-refractivity contribution < 1.29 is 4.79 Å². The van der Waals surface area contributed by atoms with Crippen molar-refractivity contribution in [2.75, 3.05) is 6.54 Å². The van der Waals surface area contributed by atoms with E-state index < -0.39 is 0 Å². The maximum absolute atomic E-state index is 12.5. The Hall–Kier alpha value is -1.92. The Morgan fingerprint density at radius 2 is 2.17 bits per heavy atom. The quantitative estimate of drug-likeness (QED) is 0.633. The minimum absolute atomic E-state index is 0.115. The largest absolute Gasteiger partial charge is 0.352 e. The molecule has 0 aliphatic rings. The van der Waals surface area contributed by atoms with E-state index in [4.69, 9.17) is 0 Å². The zero-order chi connectivity index (χ0) is 16.2. The van der Waals surface area contributed by atoms with E-state index in [1.807, 2.05) is 49.4 Å². The number of aromatic nitrogens is 2. The summed E-state index contributed by atoms with van der Waals surface area (Å²) >= 11 is 5.03. The molecular weight excluding hydrogens is 374 g/mol. The first kappa shape index (κ1) is 16.0. The number of halogens is 1. The summed E-state index contributed by atoms with van der Waals surface area (Å²) < 4.78 is 1.03. The summed E-state index contributed by atoms with van der Waals surface area (Å²) in [5.74, 6) is 0.472. The summed E-state index contributed by atoms with van der Waals surface area (Å²) in [6.45, 7) is 2.67. The molecule has 1 amide bonds. The van der Waals surface area contributed by atoms with Crippen LogP contribution in [0.3, 0.4) is 0 Å². The van der Waals surface area contributed by atoms with Crippen molar-refractivity contribution in [2.24, 2.45) is 0 Å². The number of carbonyl (C=O) groups is 1. The lowest BCUT2D eigenvalue weighted by atomic mass is 10.2. The Balaban J connectivity index is 2.03. The second kappa shape index (κ2) is 7.10. The van der Waals surface area contributed by atoms with Gasteiger partial charge in [0.25, 0.3) is 5.91 Å². The second-order valence-corrected chi connectivity index (χ2v) is 7.55. The van der Waals surface area contributed by atoms with Crippen LogP contribution in [0.1, 0.15) is 24.0 Å². The maximum atomic E-state index is 12.5. The van der Waals surface area contributed by atoms with Gasteiger partial charge in [0, 0.05) is 11.4 Å². The average Bonchev–Trinajstić information content (AvgIpc) is 3.15. The van der Waals surface area contributed by atoms with Crippen molar-refractivity contribution in [3.8, 4) is 0 Å². The Kier molecular flexibility index (Phi) is 4.93. The Bertz CT molecular complexity index is 832. The molecule has 4 nitrogen and oxygen atoms in total. The van der Waals surface area contributed by atoms with Gasteiger partial charge in [-0.25, -0.2) is 4.98 Å². The van der Waals surface area contributed by atoms with Crippen molar-refractivity contribution >= 4 is 55.9 Å². The highest BCUT2D eigenvalue weighted by molar-refractivity contribution is 9.11. The van der Waals surface area contributed by atoms with Crippen LogP contribution in [0.4, 0.5) is 0 Å². The predicted octanol–water partition coefficient (Wildman–Crippen LogP) is 4.45. The van der Waals surface area contributed by atoms with Gasteiger partial charge in [0.15, 0.2) is 0 Å². The molecule has 2 heterocycles. The molecule has 6 heteroatoms. The van der Waals surface area contributed by atoms with Crippen LogP contribution in [0.2, 0.25) is 0 Å². The minimum atomic E-state index is -0.115. The first-order valence-corrected chi connectivity index (χ1v) is 8.98. The number of nitrogens with one attached hydrogen (secondary N) is 2. The van der Waals surface area contributed by atoms with Crippen molar-refractivity contribution in [1.29, 1.82) is 0 Å². The fourth-order valence-electron chi connectivity index (χ4n) is 2.20. The number of H-pyrrole nitrogens is 1. The molecule has 0 atom stereocenters. The molecule has 3 rings (SSSR count). The van der Waals surface area contributed by atoms with E-state index in [1.54, 1.807) is 11.3 Å². The molecule has 118 valence electrons. The standard InChI is InChI=1S/C17H16BrN3OS/c1-2-9-19-17(22)12(10-11-7-8-15(18)23-11)16-20-13-5-3-4-6-14(13)21-16/h3-8,10H,2,9H2,1H3,(H,19,22)(H,20,21)/b12-10+. The fourth-order valence-corrected chi connectivity index (χ4v) is 3.57. The third kappa shape index (κ3) is 3.71. The van der Waals surface area contributed by atoms with Crippen LogP contribution in [0.5, 0.6) is 0 Å². The van der Waals surface area contributed by atoms with Crippen LogP contribution < -0.4 is 5.32 Å². The van der Waals surface area contributed by atoms with Crippen LogP contribution in [0.25, 0.3) is 22.7 Å². The number of imidazole rings is 1. The Morgan fingerprint density at radius 3 is 2.87 bits per heavy atom. The molecule has 0 fully saturated rings. The molecule has 0 spiro atoms. The number of nitrogens with zero attached hydrogens (tertiary/aromatic N) is 1. The molecule has 0 radical (unpaired) electrons. The number of para-hydroxylation sites is 2. The minimum Gasteiger partial charge on any atom is -0.352 e. The van der Waals surface area contributed by atoms with Gasteiger partial charge < -0.3 is 10.3 Å². The summed E-state index contributed by atoms with van der Waals surface area (Å²) in [4.78, 5) is 21.3. The van der Waals surface area contributed by atoms with Gasteiger partial charge in [-0.2, -0.15) is 0 Å². The molecule has 0 unspecified atom stereocenters. The van der Waals surface area contributed by atoms with Crippen LogP contribution in [-0.4, -0.2) is 22.4 Å². The van der Waals surface area contributed by atoms with Gasteiger partial charge >= 0.3 is 0 Å². The number of amides is 1. The van der Waals surface area contributed by atoms with Crippen LogP contribution in [0.15, 0.2) is 40.2 Å². The van der Waals surface area contributed by atoms with E-state index in [0.29, 0.717) is 17.9 Å². The summed E-state index contributed by atoms with van der Waals surface area (Å²) in [6, 6.07) is 11.7. The molecule has 2 aromatic heterocycles. The molecule has 0 saturated heterocycles. The van der Waals surface area contributed by atoms with E-state index >= 15 is 0 Å². The molecule has 3 aromatic rings. The van der Waals surface area contributed by atoms with Gasteiger partial charge in [-0.3, -0.25) is 4.79 Å². The van der Waals surface area contributed by atoms with E-state index in [0.717, 1.165) is 26.1 Å². The number of aromatic amines is 1. The van der Waals surface area contributed by atoms with Gasteiger partial charge in [0.05, 0.1) is 20.4 Å². The van der Waals surface area contributed by atoms with Gasteiger partial charge in [0.2, 0.25) is 0 Å². The molecule has 0 aliphatic carbocycles. The Labute approximate surface area is 146 Å². The molecule has 0 aliphatic heterocycles. The number of hydrogen-bond acceptors (Lipinski definition) is 3. The van der Waals surface area contributed by atoms with Crippen LogP contribution in [-0.2, 0) is 4.79 Å². The van der Waals surface area contributed by atoms with Gasteiger partial charge in [0.1, 0.15) is 5.82 Å². The molecule has 0 bridgehead atoms. The lowest BCUT2D eigenvalue weighted by Crippen LogP contribution is -2.25.